The zero-order valence-electron chi connectivity index (χ0n) is 12.0. The van der Waals surface area contributed by atoms with Crippen LogP contribution in [0.15, 0.2) is 36.8 Å². The molecule has 0 fully saturated rings. The van der Waals surface area contributed by atoms with Gasteiger partial charge in [0.15, 0.2) is 0 Å². The van der Waals surface area contributed by atoms with Crippen LogP contribution in [-0.2, 0) is 16.6 Å². The van der Waals surface area contributed by atoms with Crippen molar-refractivity contribution in [2.75, 3.05) is 10.5 Å². The lowest BCUT2D eigenvalue weighted by molar-refractivity contribution is -0.134. The lowest BCUT2D eigenvalue weighted by Crippen LogP contribution is -2.18. The molecular formula is C13H15F3N4O2S. The standard InChI is InChI=1S/C13H15F3N4O2S/c14-13(15,16)5-3-7-23(21,22)19-12-8-18-20(10-12)9-11-4-1-2-6-17-11/h1-2,4,6,8,10,19H,3,5,7,9H2. The summed E-state index contributed by atoms with van der Waals surface area (Å²) in [6, 6.07) is 5.38. The van der Waals surface area contributed by atoms with Crippen molar-refractivity contribution in [2.24, 2.45) is 0 Å². The summed E-state index contributed by atoms with van der Waals surface area (Å²) in [7, 11) is -3.84. The highest BCUT2D eigenvalue weighted by Crippen LogP contribution is 2.21. The van der Waals surface area contributed by atoms with Gasteiger partial charge in [0, 0.05) is 18.8 Å². The molecule has 0 bridgehead atoms. The second kappa shape index (κ2) is 6.99. The van der Waals surface area contributed by atoms with Crippen molar-refractivity contribution in [1.29, 1.82) is 0 Å². The van der Waals surface area contributed by atoms with Gasteiger partial charge in [0.25, 0.3) is 0 Å². The normalized spacial score (nSPS) is 12.3. The molecule has 2 aromatic heterocycles. The van der Waals surface area contributed by atoms with Gasteiger partial charge in [0.2, 0.25) is 10.0 Å². The van der Waals surface area contributed by atoms with Gasteiger partial charge in [-0.2, -0.15) is 18.3 Å². The third-order valence-corrected chi connectivity index (χ3v) is 4.20. The van der Waals surface area contributed by atoms with Crippen molar-refractivity contribution < 1.29 is 21.6 Å². The Morgan fingerprint density at radius 2 is 2.04 bits per heavy atom. The molecule has 2 aromatic rings. The third-order valence-electron chi connectivity index (χ3n) is 2.83. The summed E-state index contributed by atoms with van der Waals surface area (Å²) >= 11 is 0. The summed E-state index contributed by atoms with van der Waals surface area (Å²) in [4.78, 5) is 4.12. The molecule has 6 nitrogen and oxygen atoms in total. The molecule has 0 aliphatic rings. The Bertz CT molecular complexity index is 729. The first-order valence-corrected chi connectivity index (χ1v) is 8.38. The van der Waals surface area contributed by atoms with Gasteiger partial charge in [-0.1, -0.05) is 6.07 Å². The predicted molar refractivity (Wildman–Crippen MR) is 78.3 cm³/mol. The molecule has 0 atom stereocenters. The molecule has 0 aromatic carbocycles. The first kappa shape index (κ1) is 17.3. The van der Waals surface area contributed by atoms with Crippen LogP contribution in [0.2, 0.25) is 0 Å². The topological polar surface area (TPSA) is 76.9 Å². The second-order valence-electron chi connectivity index (χ2n) is 4.89. The van der Waals surface area contributed by atoms with Crippen molar-refractivity contribution in [3.63, 3.8) is 0 Å². The molecule has 0 unspecified atom stereocenters. The van der Waals surface area contributed by atoms with E-state index in [9.17, 15) is 21.6 Å². The molecule has 0 aliphatic heterocycles. The second-order valence-corrected chi connectivity index (χ2v) is 6.73. The summed E-state index contributed by atoms with van der Waals surface area (Å²) < 4.78 is 63.2. The summed E-state index contributed by atoms with van der Waals surface area (Å²) in [5.41, 5.74) is 0.947. The fourth-order valence-electron chi connectivity index (χ4n) is 1.85. The van der Waals surface area contributed by atoms with Crippen LogP contribution in [0.1, 0.15) is 18.5 Å². The van der Waals surface area contributed by atoms with Crippen LogP contribution in [0.25, 0.3) is 0 Å². The number of nitrogens with one attached hydrogen (secondary N) is 1. The van der Waals surface area contributed by atoms with E-state index in [0.29, 0.717) is 6.54 Å². The van der Waals surface area contributed by atoms with Crippen molar-refractivity contribution in [3.05, 3.63) is 42.5 Å². The third kappa shape index (κ3) is 6.27. The average molecular weight is 348 g/mol. The molecule has 0 saturated heterocycles. The van der Waals surface area contributed by atoms with Gasteiger partial charge < -0.3 is 0 Å². The molecule has 0 radical (unpaired) electrons. The fourth-order valence-corrected chi connectivity index (χ4v) is 2.94. The first-order valence-electron chi connectivity index (χ1n) is 6.73. The number of aromatic nitrogens is 3. The van der Waals surface area contributed by atoms with Gasteiger partial charge in [-0.05, 0) is 18.6 Å². The highest BCUT2D eigenvalue weighted by atomic mass is 32.2. The number of anilines is 1. The Balaban J connectivity index is 1.90. The van der Waals surface area contributed by atoms with Crippen LogP contribution in [-0.4, -0.2) is 35.1 Å². The monoisotopic (exact) mass is 348 g/mol. The van der Waals surface area contributed by atoms with Gasteiger partial charge in [0.05, 0.1) is 29.9 Å². The van der Waals surface area contributed by atoms with Crippen LogP contribution in [0, 0.1) is 0 Å². The smallest absolute Gasteiger partial charge is 0.280 e. The number of alkyl halides is 3. The zero-order chi connectivity index (χ0) is 16.9. The number of halogens is 3. The van der Waals surface area contributed by atoms with Crippen LogP contribution in [0.3, 0.4) is 0 Å². The Kier molecular flexibility index (Phi) is 5.24. The van der Waals surface area contributed by atoms with E-state index in [0.717, 1.165) is 5.69 Å². The first-order chi connectivity index (χ1) is 10.7. The molecule has 126 valence electrons. The van der Waals surface area contributed by atoms with Crippen LogP contribution in [0.5, 0.6) is 0 Å². The van der Waals surface area contributed by atoms with E-state index in [1.165, 1.54) is 17.1 Å². The maximum atomic E-state index is 12.0. The van der Waals surface area contributed by atoms with Crippen LogP contribution in [0.4, 0.5) is 18.9 Å². The number of rotatable bonds is 7. The van der Waals surface area contributed by atoms with Crippen molar-refractivity contribution in [1.82, 2.24) is 14.8 Å². The minimum atomic E-state index is -4.36. The highest BCUT2D eigenvalue weighted by molar-refractivity contribution is 7.92. The Morgan fingerprint density at radius 3 is 2.70 bits per heavy atom. The molecular weight excluding hydrogens is 333 g/mol. The minimum Gasteiger partial charge on any atom is -0.280 e. The van der Waals surface area contributed by atoms with E-state index in [1.54, 1.807) is 18.3 Å². The Labute approximate surface area is 131 Å². The number of hydrogen-bond donors (Lipinski definition) is 1. The molecule has 0 saturated carbocycles. The molecule has 1 N–H and O–H groups in total. The highest BCUT2D eigenvalue weighted by Gasteiger charge is 2.27. The van der Waals surface area contributed by atoms with Crippen molar-refractivity contribution in [2.45, 2.75) is 25.6 Å². The summed E-state index contributed by atoms with van der Waals surface area (Å²) in [6.45, 7) is 0.358. The number of sulfonamides is 1. The van der Waals surface area contributed by atoms with Gasteiger partial charge >= 0.3 is 6.18 Å². The summed E-state index contributed by atoms with van der Waals surface area (Å²) in [5.74, 6) is -0.599. The van der Waals surface area contributed by atoms with Crippen molar-refractivity contribution in [3.8, 4) is 0 Å². The van der Waals surface area contributed by atoms with Gasteiger partial charge in [-0.25, -0.2) is 8.42 Å². The largest absolute Gasteiger partial charge is 0.389 e. The van der Waals surface area contributed by atoms with E-state index < -0.39 is 34.8 Å². The Hall–Kier alpha value is -2.10. The molecule has 23 heavy (non-hydrogen) atoms. The quantitative estimate of drug-likeness (QED) is 0.834. The van der Waals surface area contributed by atoms with Gasteiger partial charge in [-0.15, -0.1) is 0 Å². The van der Waals surface area contributed by atoms with Crippen LogP contribution < -0.4 is 4.72 Å². The summed E-state index contributed by atoms with van der Waals surface area (Å²) in [5, 5.41) is 3.98. The molecule has 2 heterocycles. The van der Waals surface area contributed by atoms with Crippen molar-refractivity contribution >= 4 is 15.7 Å². The van der Waals surface area contributed by atoms with Gasteiger partial charge in [0.1, 0.15) is 0 Å². The fraction of sp³-hybridized carbons (Fsp3) is 0.385. The number of nitrogens with zero attached hydrogens (tertiary/aromatic N) is 3. The molecule has 0 aliphatic carbocycles. The van der Waals surface area contributed by atoms with E-state index >= 15 is 0 Å². The lowest BCUT2D eigenvalue weighted by atomic mass is 10.3. The molecule has 10 heteroatoms. The maximum Gasteiger partial charge on any atom is 0.389 e. The molecule has 2 rings (SSSR count). The Morgan fingerprint density at radius 1 is 1.26 bits per heavy atom. The van der Waals surface area contributed by atoms with E-state index in [4.69, 9.17) is 0 Å². The summed E-state index contributed by atoms with van der Waals surface area (Å²) in [6.07, 6.45) is -1.60. The van der Waals surface area contributed by atoms with E-state index in [-0.39, 0.29) is 5.69 Å². The maximum absolute atomic E-state index is 12.0. The lowest BCUT2D eigenvalue weighted by Gasteiger charge is -2.07. The van der Waals surface area contributed by atoms with E-state index in [1.807, 2.05) is 6.07 Å². The van der Waals surface area contributed by atoms with Crippen LogP contribution >= 0.6 is 0 Å². The molecule has 0 amide bonds. The number of pyridine rings is 1. The number of hydrogen-bond acceptors (Lipinski definition) is 4. The minimum absolute atomic E-state index is 0.202. The van der Waals surface area contributed by atoms with E-state index in [2.05, 4.69) is 14.8 Å². The predicted octanol–water partition coefficient (Wildman–Crippen LogP) is 2.41. The van der Waals surface area contributed by atoms with Gasteiger partial charge in [-0.3, -0.25) is 14.4 Å². The average Bonchev–Trinajstić information content (AvgIpc) is 2.84. The molecule has 0 spiro atoms. The SMILES string of the molecule is O=S(=O)(CCCC(F)(F)F)Nc1cnn(Cc2ccccn2)c1. The zero-order valence-corrected chi connectivity index (χ0v) is 12.8.